The first-order valence-corrected chi connectivity index (χ1v) is 10.3. The lowest BCUT2D eigenvalue weighted by molar-refractivity contribution is 0.356. The molecule has 6 nitrogen and oxygen atoms in total. The molecular weight excluding hydrogens is 368 g/mol. The number of para-hydroxylation sites is 1. The van der Waals surface area contributed by atoms with Gasteiger partial charge >= 0.3 is 0 Å². The molecule has 0 bridgehead atoms. The lowest BCUT2D eigenvalue weighted by Gasteiger charge is -2.10. The van der Waals surface area contributed by atoms with E-state index in [1.807, 2.05) is 25.2 Å². The van der Waals surface area contributed by atoms with Crippen LogP contribution in [0, 0.1) is 0 Å². The zero-order chi connectivity index (χ0) is 18.1. The summed E-state index contributed by atoms with van der Waals surface area (Å²) in [5, 5.41) is 12.6. The SMILES string of the molecule is COc1cccc(-c2nc(CSc3nnc(C4CC4)n3C)cs2)c1OC. The van der Waals surface area contributed by atoms with E-state index >= 15 is 0 Å². The van der Waals surface area contributed by atoms with Gasteiger partial charge in [0.15, 0.2) is 16.7 Å². The van der Waals surface area contributed by atoms with Crippen LogP contribution in [0.4, 0.5) is 0 Å². The molecule has 1 aliphatic carbocycles. The lowest BCUT2D eigenvalue weighted by Crippen LogP contribution is -1.97. The summed E-state index contributed by atoms with van der Waals surface area (Å²) in [5.41, 5.74) is 1.97. The summed E-state index contributed by atoms with van der Waals surface area (Å²) >= 11 is 3.28. The maximum absolute atomic E-state index is 5.52. The minimum absolute atomic E-state index is 0.605. The van der Waals surface area contributed by atoms with Crippen LogP contribution in [0.25, 0.3) is 10.6 Å². The van der Waals surface area contributed by atoms with Gasteiger partial charge in [0, 0.05) is 24.1 Å². The van der Waals surface area contributed by atoms with E-state index in [-0.39, 0.29) is 0 Å². The fraction of sp³-hybridized carbons (Fsp3) is 0.389. The minimum atomic E-state index is 0.605. The van der Waals surface area contributed by atoms with E-state index in [4.69, 9.17) is 14.5 Å². The van der Waals surface area contributed by atoms with Crippen LogP contribution >= 0.6 is 23.1 Å². The van der Waals surface area contributed by atoms with Crippen molar-refractivity contribution in [1.82, 2.24) is 19.7 Å². The van der Waals surface area contributed by atoms with Gasteiger partial charge in [-0.15, -0.1) is 21.5 Å². The largest absolute Gasteiger partial charge is 0.493 e. The number of hydrogen-bond donors (Lipinski definition) is 0. The summed E-state index contributed by atoms with van der Waals surface area (Å²) in [6, 6.07) is 5.84. The topological polar surface area (TPSA) is 62.1 Å². The summed E-state index contributed by atoms with van der Waals surface area (Å²) in [4.78, 5) is 4.77. The molecule has 136 valence electrons. The first-order chi connectivity index (χ1) is 12.7. The molecule has 0 atom stereocenters. The van der Waals surface area contributed by atoms with E-state index in [0.717, 1.165) is 33.0 Å². The molecule has 0 N–H and O–H groups in total. The van der Waals surface area contributed by atoms with Crippen LogP contribution in [-0.2, 0) is 12.8 Å². The molecule has 1 aliphatic rings. The molecule has 0 saturated heterocycles. The van der Waals surface area contributed by atoms with E-state index < -0.39 is 0 Å². The fourth-order valence-electron chi connectivity index (χ4n) is 2.84. The van der Waals surface area contributed by atoms with E-state index in [1.165, 1.54) is 12.8 Å². The molecule has 2 heterocycles. The first kappa shape index (κ1) is 17.4. The molecule has 26 heavy (non-hydrogen) atoms. The van der Waals surface area contributed by atoms with E-state index in [0.29, 0.717) is 17.4 Å². The van der Waals surface area contributed by atoms with Crippen LogP contribution in [0.5, 0.6) is 11.5 Å². The van der Waals surface area contributed by atoms with Crippen molar-refractivity contribution < 1.29 is 9.47 Å². The second kappa shape index (κ2) is 7.28. The van der Waals surface area contributed by atoms with Gasteiger partial charge in [-0.1, -0.05) is 17.8 Å². The van der Waals surface area contributed by atoms with Gasteiger partial charge in [0.05, 0.1) is 25.5 Å². The minimum Gasteiger partial charge on any atom is -0.493 e. The van der Waals surface area contributed by atoms with Crippen LogP contribution < -0.4 is 9.47 Å². The van der Waals surface area contributed by atoms with Crippen LogP contribution in [0.1, 0.15) is 30.3 Å². The Morgan fingerprint density at radius 3 is 2.81 bits per heavy atom. The molecule has 0 radical (unpaired) electrons. The van der Waals surface area contributed by atoms with E-state index in [1.54, 1.807) is 37.3 Å². The van der Waals surface area contributed by atoms with E-state index in [2.05, 4.69) is 20.1 Å². The molecule has 0 unspecified atom stereocenters. The fourth-order valence-corrected chi connectivity index (χ4v) is 4.60. The number of rotatable bonds is 7. The second-order valence-electron chi connectivity index (χ2n) is 6.15. The third-order valence-electron chi connectivity index (χ3n) is 4.35. The number of methoxy groups -OCH3 is 2. The van der Waals surface area contributed by atoms with Crippen molar-refractivity contribution in [2.24, 2.45) is 7.05 Å². The molecule has 1 aromatic carbocycles. The van der Waals surface area contributed by atoms with Crippen molar-refractivity contribution in [2.45, 2.75) is 29.7 Å². The third kappa shape index (κ3) is 3.31. The molecule has 0 aliphatic heterocycles. The average molecular weight is 389 g/mol. The highest BCUT2D eigenvalue weighted by atomic mass is 32.2. The molecule has 0 spiro atoms. The number of thiazole rings is 1. The van der Waals surface area contributed by atoms with Gasteiger partial charge in [-0.3, -0.25) is 0 Å². The molecule has 3 aromatic rings. The highest BCUT2D eigenvalue weighted by Crippen LogP contribution is 2.41. The molecule has 8 heteroatoms. The second-order valence-corrected chi connectivity index (χ2v) is 7.95. The molecule has 0 amide bonds. The molecule has 1 saturated carbocycles. The summed E-state index contributed by atoms with van der Waals surface area (Å²) in [6.45, 7) is 0. The zero-order valence-electron chi connectivity index (χ0n) is 14.9. The first-order valence-electron chi connectivity index (χ1n) is 8.39. The molecule has 1 fully saturated rings. The van der Waals surface area contributed by atoms with Gasteiger partial charge in [0.2, 0.25) is 0 Å². The van der Waals surface area contributed by atoms with Gasteiger partial charge in [-0.05, 0) is 25.0 Å². The Balaban J connectivity index is 1.50. The van der Waals surface area contributed by atoms with Crippen LogP contribution in [0.2, 0.25) is 0 Å². The van der Waals surface area contributed by atoms with Crippen LogP contribution in [0.15, 0.2) is 28.7 Å². The van der Waals surface area contributed by atoms with Crippen molar-refractivity contribution >= 4 is 23.1 Å². The zero-order valence-corrected chi connectivity index (χ0v) is 16.6. The van der Waals surface area contributed by atoms with Gasteiger partial charge in [0.25, 0.3) is 0 Å². The van der Waals surface area contributed by atoms with Crippen LogP contribution in [0.3, 0.4) is 0 Å². The average Bonchev–Trinajstić information content (AvgIpc) is 3.28. The van der Waals surface area contributed by atoms with Gasteiger partial charge in [-0.2, -0.15) is 0 Å². The maximum atomic E-state index is 5.52. The monoisotopic (exact) mass is 388 g/mol. The number of ether oxygens (including phenoxy) is 2. The number of hydrogen-bond acceptors (Lipinski definition) is 7. The van der Waals surface area contributed by atoms with Gasteiger partial charge in [-0.25, -0.2) is 4.98 Å². The Labute approximate surface area is 160 Å². The van der Waals surface area contributed by atoms with Crippen molar-refractivity contribution in [2.75, 3.05) is 14.2 Å². The maximum Gasteiger partial charge on any atom is 0.191 e. The normalized spacial score (nSPS) is 13.8. The quantitative estimate of drug-likeness (QED) is 0.567. The molecule has 2 aromatic heterocycles. The predicted molar refractivity (Wildman–Crippen MR) is 103 cm³/mol. The van der Waals surface area contributed by atoms with Gasteiger partial charge < -0.3 is 14.0 Å². The van der Waals surface area contributed by atoms with E-state index in [9.17, 15) is 0 Å². The number of aromatic nitrogens is 4. The summed E-state index contributed by atoms with van der Waals surface area (Å²) in [5.74, 6) is 3.90. The van der Waals surface area contributed by atoms with Crippen molar-refractivity contribution in [3.05, 3.63) is 35.1 Å². The van der Waals surface area contributed by atoms with Crippen molar-refractivity contribution in [1.29, 1.82) is 0 Å². The van der Waals surface area contributed by atoms with Crippen molar-refractivity contribution in [3.63, 3.8) is 0 Å². The van der Waals surface area contributed by atoms with Crippen LogP contribution in [-0.4, -0.2) is 34.0 Å². The highest BCUT2D eigenvalue weighted by molar-refractivity contribution is 7.98. The number of nitrogens with zero attached hydrogens (tertiary/aromatic N) is 4. The highest BCUT2D eigenvalue weighted by Gasteiger charge is 2.29. The Morgan fingerprint density at radius 1 is 1.23 bits per heavy atom. The third-order valence-corrected chi connectivity index (χ3v) is 6.32. The lowest BCUT2D eigenvalue weighted by atomic mass is 10.2. The van der Waals surface area contributed by atoms with Gasteiger partial charge in [0.1, 0.15) is 10.8 Å². The number of thioether (sulfide) groups is 1. The Bertz CT molecular complexity index is 918. The molecule has 4 rings (SSSR count). The Hall–Kier alpha value is -2.06. The smallest absolute Gasteiger partial charge is 0.191 e. The Morgan fingerprint density at radius 2 is 2.08 bits per heavy atom. The summed E-state index contributed by atoms with van der Waals surface area (Å²) < 4.78 is 13.0. The Kier molecular flexibility index (Phi) is 4.86. The molecular formula is C18H20N4O2S2. The summed E-state index contributed by atoms with van der Waals surface area (Å²) in [7, 11) is 5.34. The summed E-state index contributed by atoms with van der Waals surface area (Å²) in [6.07, 6.45) is 2.46. The van der Waals surface area contributed by atoms with Crippen molar-refractivity contribution in [3.8, 4) is 22.1 Å². The number of benzene rings is 1. The standard InChI is InChI=1S/C18H20N4O2S2/c1-22-16(11-7-8-11)20-21-18(22)26-10-12-9-25-17(19-12)13-5-4-6-14(23-2)15(13)24-3/h4-6,9,11H,7-8,10H2,1-3H3. The predicted octanol–water partition coefficient (Wildman–Crippen LogP) is 4.13.